The van der Waals surface area contributed by atoms with Crippen LogP contribution >= 0.6 is 11.3 Å². The molecule has 3 rings (SSSR count). The number of carboxylic acid groups (broad SMARTS) is 1. The monoisotopic (exact) mass is 358 g/mol. The second-order valence-corrected chi connectivity index (χ2v) is 7.31. The number of pyridine rings is 1. The van der Waals surface area contributed by atoms with Crippen molar-refractivity contribution in [2.24, 2.45) is 5.92 Å². The second kappa shape index (κ2) is 7.78. The summed E-state index contributed by atoms with van der Waals surface area (Å²) < 4.78 is 0. The van der Waals surface area contributed by atoms with Crippen LogP contribution in [0.4, 0.5) is 0 Å². The number of aliphatic carboxylic acids is 1. The van der Waals surface area contributed by atoms with Gasteiger partial charge in [0.05, 0.1) is 17.0 Å². The zero-order chi connectivity index (χ0) is 17.8. The Kier molecular flexibility index (Phi) is 5.48. The van der Waals surface area contributed by atoms with Gasteiger partial charge in [-0.05, 0) is 55.7 Å². The van der Waals surface area contributed by atoms with Gasteiger partial charge in [-0.3, -0.25) is 14.6 Å². The van der Waals surface area contributed by atoms with Crippen molar-refractivity contribution in [2.45, 2.75) is 32.6 Å². The first-order valence-corrected chi connectivity index (χ1v) is 9.50. The Morgan fingerprint density at radius 3 is 2.88 bits per heavy atom. The number of carboxylic acids is 1. The Hall–Kier alpha value is -2.21. The molecule has 2 aromatic heterocycles. The van der Waals surface area contributed by atoms with E-state index in [1.807, 2.05) is 40.8 Å². The van der Waals surface area contributed by atoms with Crippen LogP contribution in [0.15, 0.2) is 29.0 Å². The van der Waals surface area contributed by atoms with Gasteiger partial charge in [-0.2, -0.15) is 11.3 Å². The fourth-order valence-corrected chi connectivity index (χ4v) is 3.99. The predicted octanol–water partition coefficient (Wildman–Crippen LogP) is 3.84. The van der Waals surface area contributed by atoms with E-state index in [0.717, 1.165) is 36.3 Å². The molecule has 0 aliphatic carbocycles. The molecule has 1 aliphatic heterocycles. The molecule has 1 aliphatic rings. The lowest BCUT2D eigenvalue weighted by Crippen LogP contribution is -2.40. The number of amides is 1. The van der Waals surface area contributed by atoms with Crippen LogP contribution in [0.1, 0.15) is 41.7 Å². The Morgan fingerprint density at radius 2 is 2.20 bits per heavy atom. The molecule has 1 N–H and O–H groups in total. The number of carbonyl (C=O) groups is 2. The van der Waals surface area contributed by atoms with Gasteiger partial charge < -0.3 is 10.0 Å². The van der Waals surface area contributed by atoms with E-state index in [1.54, 1.807) is 11.3 Å². The first-order valence-electron chi connectivity index (χ1n) is 8.56. The summed E-state index contributed by atoms with van der Waals surface area (Å²) >= 11 is 1.62. The van der Waals surface area contributed by atoms with Crippen LogP contribution in [-0.2, 0) is 4.79 Å². The number of piperidine rings is 1. The number of thiophene rings is 1. The number of aryl methyl sites for hydroxylation is 1. The average Bonchev–Trinajstić information content (AvgIpc) is 3.14. The van der Waals surface area contributed by atoms with E-state index >= 15 is 0 Å². The molecule has 1 unspecified atom stereocenters. The zero-order valence-corrected chi connectivity index (χ0v) is 15.1. The first kappa shape index (κ1) is 17.6. The summed E-state index contributed by atoms with van der Waals surface area (Å²) in [5.41, 5.74) is 3.33. The summed E-state index contributed by atoms with van der Waals surface area (Å²) in [5, 5.41) is 12.9. The molecule has 0 saturated carbocycles. The highest BCUT2D eigenvalue weighted by molar-refractivity contribution is 7.08. The highest BCUT2D eigenvalue weighted by atomic mass is 32.1. The maximum absolute atomic E-state index is 12.9. The Balaban J connectivity index is 1.71. The third-order valence-electron chi connectivity index (χ3n) is 4.71. The van der Waals surface area contributed by atoms with Crippen molar-refractivity contribution in [1.29, 1.82) is 0 Å². The molecular weight excluding hydrogens is 336 g/mol. The molecule has 1 saturated heterocycles. The maximum atomic E-state index is 12.9. The van der Waals surface area contributed by atoms with Crippen molar-refractivity contribution in [3.63, 3.8) is 0 Å². The molecule has 25 heavy (non-hydrogen) atoms. The van der Waals surface area contributed by atoms with Gasteiger partial charge in [0, 0.05) is 30.5 Å². The quantitative estimate of drug-likeness (QED) is 0.882. The smallest absolute Gasteiger partial charge is 0.303 e. The van der Waals surface area contributed by atoms with Crippen molar-refractivity contribution in [3.05, 3.63) is 40.2 Å². The van der Waals surface area contributed by atoms with Gasteiger partial charge in [0.1, 0.15) is 0 Å². The van der Waals surface area contributed by atoms with E-state index in [4.69, 9.17) is 5.11 Å². The minimum absolute atomic E-state index is 0.00175. The molecule has 132 valence electrons. The van der Waals surface area contributed by atoms with Crippen molar-refractivity contribution < 1.29 is 14.7 Å². The van der Waals surface area contributed by atoms with Gasteiger partial charge >= 0.3 is 5.97 Å². The van der Waals surface area contributed by atoms with E-state index in [2.05, 4.69) is 4.98 Å². The van der Waals surface area contributed by atoms with Gasteiger partial charge in [-0.25, -0.2) is 0 Å². The van der Waals surface area contributed by atoms with Crippen molar-refractivity contribution >= 4 is 23.2 Å². The summed E-state index contributed by atoms with van der Waals surface area (Å²) in [7, 11) is 0. The SMILES string of the molecule is Cc1nc(-c2ccsc2)ccc1C(=O)N1CCCC(CCC(=O)O)C1. The topological polar surface area (TPSA) is 70.5 Å². The van der Waals surface area contributed by atoms with Gasteiger partial charge in [0.2, 0.25) is 0 Å². The van der Waals surface area contributed by atoms with Crippen LogP contribution in [0.3, 0.4) is 0 Å². The fraction of sp³-hybridized carbons (Fsp3) is 0.421. The van der Waals surface area contributed by atoms with E-state index in [9.17, 15) is 9.59 Å². The van der Waals surface area contributed by atoms with E-state index in [1.165, 1.54) is 0 Å². The lowest BCUT2D eigenvalue weighted by molar-refractivity contribution is -0.137. The molecule has 6 heteroatoms. The number of nitrogens with zero attached hydrogens (tertiary/aromatic N) is 2. The van der Waals surface area contributed by atoms with Crippen LogP contribution in [0.2, 0.25) is 0 Å². The van der Waals surface area contributed by atoms with E-state index in [0.29, 0.717) is 18.5 Å². The summed E-state index contributed by atoms with van der Waals surface area (Å²) in [6.45, 7) is 3.24. The Morgan fingerprint density at radius 1 is 1.36 bits per heavy atom. The van der Waals surface area contributed by atoms with Gasteiger partial charge in [0.25, 0.3) is 5.91 Å². The van der Waals surface area contributed by atoms with Gasteiger partial charge in [-0.1, -0.05) is 0 Å². The minimum Gasteiger partial charge on any atom is -0.481 e. The largest absolute Gasteiger partial charge is 0.481 e. The predicted molar refractivity (Wildman–Crippen MR) is 97.8 cm³/mol. The normalized spacial score (nSPS) is 17.5. The first-order chi connectivity index (χ1) is 12.0. The van der Waals surface area contributed by atoms with Crippen molar-refractivity contribution in [2.75, 3.05) is 13.1 Å². The molecule has 0 radical (unpaired) electrons. The van der Waals surface area contributed by atoms with Crippen LogP contribution < -0.4 is 0 Å². The molecule has 1 fully saturated rings. The number of hydrogen-bond acceptors (Lipinski definition) is 4. The molecule has 1 atom stereocenters. The zero-order valence-electron chi connectivity index (χ0n) is 14.3. The molecule has 0 spiro atoms. The summed E-state index contributed by atoms with van der Waals surface area (Å²) in [6, 6.07) is 5.78. The third-order valence-corrected chi connectivity index (χ3v) is 5.39. The molecule has 5 nitrogen and oxygen atoms in total. The minimum atomic E-state index is -0.771. The molecular formula is C19H22N2O3S. The lowest BCUT2D eigenvalue weighted by Gasteiger charge is -2.33. The van der Waals surface area contributed by atoms with E-state index < -0.39 is 5.97 Å². The Bertz CT molecular complexity index is 758. The maximum Gasteiger partial charge on any atom is 0.303 e. The summed E-state index contributed by atoms with van der Waals surface area (Å²) in [5.74, 6) is -0.499. The number of likely N-dealkylation sites (tertiary alicyclic amines) is 1. The number of hydrogen-bond donors (Lipinski definition) is 1. The van der Waals surface area contributed by atoms with E-state index in [-0.39, 0.29) is 18.2 Å². The molecule has 3 heterocycles. The fourth-order valence-electron chi connectivity index (χ4n) is 3.34. The standard InChI is InChI=1S/C19H22N2O3S/c1-13-16(5-6-17(20-13)15-8-10-25-12-15)19(24)21-9-2-3-14(11-21)4-7-18(22)23/h5-6,8,10,12,14H,2-4,7,9,11H2,1H3,(H,22,23). The van der Waals surface area contributed by atoms with Crippen LogP contribution in [0.5, 0.6) is 0 Å². The molecule has 2 aromatic rings. The second-order valence-electron chi connectivity index (χ2n) is 6.53. The van der Waals surface area contributed by atoms with Crippen LogP contribution in [0.25, 0.3) is 11.3 Å². The highest BCUT2D eigenvalue weighted by Gasteiger charge is 2.26. The summed E-state index contributed by atoms with van der Waals surface area (Å²) in [4.78, 5) is 30.1. The van der Waals surface area contributed by atoms with Crippen LogP contribution in [-0.4, -0.2) is 40.0 Å². The molecule has 0 bridgehead atoms. The average molecular weight is 358 g/mol. The van der Waals surface area contributed by atoms with Gasteiger partial charge in [0.15, 0.2) is 0 Å². The molecule has 1 amide bonds. The van der Waals surface area contributed by atoms with Crippen LogP contribution in [0, 0.1) is 12.8 Å². The van der Waals surface area contributed by atoms with Crippen molar-refractivity contribution in [1.82, 2.24) is 9.88 Å². The van der Waals surface area contributed by atoms with Gasteiger partial charge in [-0.15, -0.1) is 0 Å². The summed E-state index contributed by atoms with van der Waals surface area (Å²) in [6.07, 6.45) is 2.72. The third kappa shape index (κ3) is 4.25. The highest BCUT2D eigenvalue weighted by Crippen LogP contribution is 2.25. The molecule has 0 aromatic carbocycles. The van der Waals surface area contributed by atoms with Crippen molar-refractivity contribution in [3.8, 4) is 11.3 Å². The number of carbonyl (C=O) groups excluding carboxylic acids is 1. The number of aromatic nitrogens is 1. The number of rotatable bonds is 5. The lowest BCUT2D eigenvalue weighted by atomic mass is 9.93. The Labute approximate surface area is 151 Å².